The van der Waals surface area contributed by atoms with Crippen molar-refractivity contribution in [1.29, 1.82) is 0 Å². The van der Waals surface area contributed by atoms with E-state index in [1.165, 1.54) is 12.3 Å². The molecule has 0 aliphatic carbocycles. The van der Waals surface area contributed by atoms with Gasteiger partial charge < -0.3 is 10.0 Å². The van der Waals surface area contributed by atoms with Gasteiger partial charge in [-0.15, -0.1) is 0 Å². The number of aromatic nitrogens is 1. The Bertz CT molecular complexity index is 641. The van der Waals surface area contributed by atoms with Crippen LogP contribution in [-0.4, -0.2) is 43.1 Å². The Morgan fingerprint density at radius 3 is 2.65 bits per heavy atom. The molecular formula is C15H23N3O4S. The third-order valence-electron chi connectivity index (χ3n) is 4.17. The summed E-state index contributed by atoms with van der Waals surface area (Å²) in [5.41, 5.74) is 0. The van der Waals surface area contributed by atoms with Crippen LogP contribution in [0.25, 0.3) is 0 Å². The number of pyridine rings is 1. The first-order valence-electron chi connectivity index (χ1n) is 7.86. The van der Waals surface area contributed by atoms with E-state index in [1.54, 1.807) is 11.0 Å². The van der Waals surface area contributed by atoms with Gasteiger partial charge in [0.25, 0.3) is 0 Å². The molecule has 1 saturated heterocycles. The van der Waals surface area contributed by atoms with Crippen LogP contribution in [0.1, 0.15) is 39.5 Å². The molecule has 1 aromatic rings. The number of nitrogens with zero attached hydrogens (tertiary/aromatic N) is 2. The molecule has 0 saturated carbocycles. The second kappa shape index (κ2) is 7.27. The van der Waals surface area contributed by atoms with E-state index in [0.717, 1.165) is 19.3 Å². The number of rotatable bonds is 7. The van der Waals surface area contributed by atoms with Crippen molar-refractivity contribution < 1.29 is 18.3 Å². The van der Waals surface area contributed by atoms with Crippen molar-refractivity contribution in [2.75, 3.05) is 11.4 Å². The number of aliphatic carboxylic acids is 1. The van der Waals surface area contributed by atoms with E-state index in [2.05, 4.69) is 9.71 Å². The standard InChI is InChI=1S/C15H23N3O4S/c1-3-11(4-2)17-23(21,22)12-7-8-14(16-10-12)18-9-5-6-13(18)15(19)20/h7-8,10-11,13,17H,3-6,9H2,1-2H3,(H,19,20). The van der Waals surface area contributed by atoms with Crippen LogP contribution >= 0.6 is 0 Å². The fourth-order valence-electron chi connectivity index (χ4n) is 2.74. The number of carboxylic acids is 1. The summed E-state index contributed by atoms with van der Waals surface area (Å²) in [6, 6.07) is 2.36. The minimum absolute atomic E-state index is 0.0965. The SMILES string of the molecule is CCC(CC)NS(=O)(=O)c1ccc(N2CCCC2C(=O)O)nc1. The van der Waals surface area contributed by atoms with Crippen LogP contribution < -0.4 is 9.62 Å². The van der Waals surface area contributed by atoms with E-state index < -0.39 is 22.0 Å². The minimum Gasteiger partial charge on any atom is -0.480 e. The third-order valence-corrected chi connectivity index (χ3v) is 5.68. The predicted octanol–water partition coefficient (Wildman–Crippen LogP) is 1.60. The number of sulfonamides is 1. The fraction of sp³-hybridized carbons (Fsp3) is 0.600. The molecule has 0 spiro atoms. The lowest BCUT2D eigenvalue weighted by Crippen LogP contribution is -2.36. The molecule has 2 heterocycles. The first kappa shape index (κ1) is 17.7. The predicted molar refractivity (Wildman–Crippen MR) is 86.9 cm³/mol. The lowest BCUT2D eigenvalue weighted by Gasteiger charge is -2.22. The quantitative estimate of drug-likeness (QED) is 0.781. The third kappa shape index (κ3) is 4.00. The minimum atomic E-state index is -3.60. The number of anilines is 1. The van der Waals surface area contributed by atoms with Crippen LogP contribution in [-0.2, 0) is 14.8 Å². The monoisotopic (exact) mass is 341 g/mol. The molecule has 0 aromatic carbocycles. The summed E-state index contributed by atoms with van der Waals surface area (Å²) in [5.74, 6) is -0.382. The molecule has 128 valence electrons. The Morgan fingerprint density at radius 2 is 2.13 bits per heavy atom. The summed E-state index contributed by atoms with van der Waals surface area (Å²) in [4.78, 5) is 17.2. The molecule has 23 heavy (non-hydrogen) atoms. The largest absolute Gasteiger partial charge is 0.480 e. The second-order valence-electron chi connectivity index (χ2n) is 5.68. The molecular weight excluding hydrogens is 318 g/mol. The van der Waals surface area contributed by atoms with Crippen LogP contribution in [0.5, 0.6) is 0 Å². The first-order valence-corrected chi connectivity index (χ1v) is 9.35. The molecule has 1 fully saturated rings. The summed E-state index contributed by atoms with van der Waals surface area (Å²) in [6.07, 6.45) is 4.09. The van der Waals surface area contributed by atoms with Gasteiger partial charge >= 0.3 is 5.97 Å². The van der Waals surface area contributed by atoms with Gasteiger partial charge in [-0.1, -0.05) is 13.8 Å². The lowest BCUT2D eigenvalue weighted by atomic mass is 10.2. The Kier molecular flexibility index (Phi) is 5.59. The average molecular weight is 341 g/mol. The average Bonchev–Trinajstić information content (AvgIpc) is 3.02. The number of hydrogen-bond acceptors (Lipinski definition) is 5. The Labute approximate surface area is 136 Å². The Balaban J connectivity index is 2.17. The summed E-state index contributed by atoms with van der Waals surface area (Å²) >= 11 is 0. The van der Waals surface area contributed by atoms with Gasteiger partial charge in [-0.2, -0.15) is 0 Å². The molecule has 2 rings (SSSR count). The van der Waals surface area contributed by atoms with Crippen molar-refractivity contribution in [3.05, 3.63) is 18.3 Å². The summed E-state index contributed by atoms with van der Waals surface area (Å²) in [7, 11) is -3.60. The van der Waals surface area contributed by atoms with Crippen LogP contribution in [0.3, 0.4) is 0 Å². The fourth-order valence-corrected chi connectivity index (χ4v) is 4.09. The molecule has 1 unspecified atom stereocenters. The number of carboxylic acid groups (broad SMARTS) is 1. The van der Waals surface area contributed by atoms with Crippen LogP contribution in [0.4, 0.5) is 5.82 Å². The topological polar surface area (TPSA) is 99.6 Å². The maximum absolute atomic E-state index is 12.3. The second-order valence-corrected chi connectivity index (χ2v) is 7.39. The lowest BCUT2D eigenvalue weighted by molar-refractivity contribution is -0.138. The van der Waals surface area contributed by atoms with Gasteiger partial charge in [0.1, 0.15) is 16.8 Å². The maximum Gasteiger partial charge on any atom is 0.326 e. The van der Waals surface area contributed by atoms with E-state index in [1.807, 2.05) is 13.8 Å². The van der Waals surface area contributed by atoms with Gasteiger partial charge in [-0.25, -0.2) is 22.9 Å². The van der Waals surface area contributed by atoms with Crippen LogP contribution in [0.15, 0.2) is 23.2 Å². The molecule has 8 heteroatoms. The van der Waals surface area contributed by atoms with Crippen LogP contribution in [0, 0.1) is 0 Å². The van der Waals surface area contributed by atoms with E-state index >= 15 is 0 Å². The molecule has 1 atom stereocenters. The zero-order chi connectivity index (χ0) is 17.0. The highest BCUT2D eigenvalue weighted by Gasteiger charge is 2.31. The van der Waals surface area contributed by atoms with Crippen molar-refractivity contribution in [3.8, 4) is 0 Å². The molecule has 2 N–H and O–H groups in total. The van der Waals surface area contributed by atoms with Crippen molar-refractivity contribution >= 4 is 21.8 Å². The number of hydrogen-bond donors (Lipinski definition) is 2. The number of nitrogens with one attached hydrogen (secondary N) is 1. The smallest absolute Gasteiger partial charge is 0.326 e. The van der Waals surface area contributed by atoms with Gasteiger partial charge in [0, 0.05) is 18.8 Å². The highest BCUT2D eigenvalue weighted by Crippen LogP contribution is 2.24. The Morgan fingerprint density at radius 1 is 1.43 bits per heavy atom. The zero-order valence-electron chi connectivity index (χ0n) is 13.4. The number of carbonyl (C=O) groups is 1. The Hall–Kier alpha value is -1.67. The normalized spacial score (nSPS) is 18.6. The maximum atomic E-state index is 12.3. The molecule has 1 aromatic heterocycles. The highest BCUT2D eigenvalue weighted by molar-refractivity contribution is 7.89. The van der Waals surface area contributed by atoms with Crippen LogP contribution in [0.2, 0.25) is 0 Å². The summed E-state index contributed by atoms with van der Waals surface area (Å²) < 4.78 is 27.3. The van der Waals surface area contributed by atoms with Gasteiger partial charge in [0.15, 0.2) is 0 Å². The van der Waals surface area contributed by atoms with E-state index in [4.69, 9.17) is 0 Å². The van der Waals surface area contributed by atoms with Crippen molar-refractivity contribution in [1.82, 2.24) is 9.71 Å². The summed E-state index contributed by atoms with van der Waals surface area (Å²) in [5, 5.41) is 9.21. The summed E-state index contributed by atoms with van der Waals surface area (Å²) in [6.45, 7) is 4.47. The van der Waals surface area contributed by atoms with Gasteiger partial charge in [0.05, 0.1) is 0 Å². The molecule has 0 amide bonds. The van der Waals surface area contributed by atoms with Crippen molar-refractivity contribution in [3.63, 3.8) is 0 Å². The van der Waals surface area contributed by atoms with E-state index in [0.29, 0.717) is 18.8 Å². The molecule has 7 nitrogen and oxygen atoms in total. The van der Waals surface area contributed by atoms with Gasteiger partial charge in [-0.3, -0.25) is 0 Å². The van der Waals surface area contributed by atoms with E-state index in [9.17, 15) is 18.3 Å². The van der Waals surface area contributed by atoms with E-state index in [-0.39, 0.29) is 10.9 Å². The van der Waals surface area contributed by atoms with Crippen molar-refractivity contribution in [2.24, 2.45) is 0 Å². The molecule has 1 aliphatic heterocycles. The van der Waals surface area contributed by atoms with Gasteiger partial charge in [0.2, 0.25) is 10.0 Å². The molecule has 0 bridgehead atoms. The molecule has 1 aliphatic rings. The molecule has 0 radical (unpaired) electrons. The highest BCUT2D eigenvalue weighted by atomic mass is 32.2. The first-order chi connectivity index (χ1) is 10.9. The zero-order valence-corrected chi connectivity index (χ0v) is 14.2. The van der Waals surface area contributed by atoms with Crippen molar-refractivity contribution in [2.45, 2.75) is 56.5 Å². The van der Waals surface area contributed by atoms with Gasteiger partial charge in [-0.05, 0) is 37.8 Å².